The van der Waals surface area contributed by atoms with Gasteiger partial charge in [-0.05, 0) is 31.0 Å². The van der Waals surface area contributed by atoms with Crippen LogP contribution >= 0.6 is 0 Å². The number of alkyl halides is 2. The Bertz CT molecular complexity index is 929. The number of nitrogens with zero attached hydrogens (tertiary/aromatic N) is 6. The summed E-state index contributed by atoms with van der Waals surface area (Å²) in [6.07, 6.45) is 3.21. The van der Waals surface area contributed by atoms with Crippen molar-refractivity contribution < 1.29 is 13.6 Å². The summed E-state index contributed by atoms with van der Waals surface area (Å²) < 4.78 is 27.8. The van der Waals surface area contributed by atoms with Crippen molar-refractivity contribution in [2.75, 3.05) is 13.1 Å². The number of aromatic nitrogens is 5. The normalized spacial score (nSPS) is 17.8. The molecule has 3 aromatic heterocycles. The Morgan fingerprint density at radius 3 is 3.00 bits per heavy atom. The lowest BCUT2D eigenvalue weighted by molar-refractivity contribution is 0.0705. The molecule has 134 valence electrons. The van der Waals surface area contributed by atoms with E-state index >= 15 is 0 Å². The van der Waals surface area contributed by atoms with Crippen LogP contribution in [0, 0.1) is 0 Å². The number of pyridine rings is 1. The van der Waals surface area contributed by atoms with Gasteiger partial charge in [0.2, 0.25) is 0 Å². The Hall–Kier alpha value is -2.97. The molecular weight excluding hydrogens is 342 g/mol. The van der Waals surface area contributed by atoms with E-state index in [1.807, 2.05) is 0 Å². The molecule has 0 spiro atoms. The molecule has 0 aliphatic carbocycles. The Labute approximate surface area is 147 Å². The van der Waals surface area contributed by atoms with E-state index < -0.39 is 6.43 Å². The molecule has 3 aromatic rings. The zero-order valence-electron chi connectivity index (χ0n) is 13.8. The molecule has 1 aliphatic heterocycles. The topological polar surface area (TPSA) is 76.3 Å². The van der Waals surface area contributed by atoms with Gasteiger partial charge in [-0.1, -0.05) is 0 Å². The van der Waals surface area contributed by atoms with Crippen molar-refractivity contribution in [3.63, 3.8) is 0 Å². The van der Waals surface area contributed by atoms with Crippen molar-refractivity contribution in [1.82, 2.24) is 29.5 Å². The second-order valence-corrected chi connectivity index (χ2v) is 6.21. The summed E-state index contributed by atoms with van der Waals surface area (Å²) >= 11 is 0. The van der Waals surface area contributed by atoms with Crippen LogP contribution in [0.2, 0.25) is 0 Å². The summed E-state index contributed by atoms with van der Waals surface area (Å²) in [6, 6.07) is 4.80. The van der Waals surface area contributed by atoms with Crippen LogP contribution in [0.5, 0.6) is 0 Å². The molecule has 0 N–H and O–H groups in total. The summed E-state index contributed by atoms with van der Waals surface area (Å²) in [7, 11) is 0. The SMILES string of the molecule is O=C(c1cccnc1)N1CCCC(c2cc(C(F)F)n3ncnc3n2)C1. The van der Waals surface area contributed by atoms with E-state index in [4.69, 9.17) is 0 Å². The Morgan fingerprint density at radius 1 is 1.35 bits per heavy atom. The minimum Gasteiger partial charge on any atom is -0.338 e. The third-order valence-electron chi connectivity index (χ3n) is 4.56. The molecule has 1 unspecified atom stereocenters. The predicted molar refractivity (Wildman–Crippen MR) is 87.9 cm³/mol. The van der Waals surface area contributed by atoms with Gasteiger partial charge in [-0.2, -0.15) is 14.6 Å². The summed E-state index contributed by atoms with van der Waals surface area (Å²) in [5.74, 6) is -0.0856. The first kappa shape index (κ1) is 16.5. The summed E-state index contributed by atoms with van der Waals surface area (Å²) in [5, 5.41) is 3.80. The molecule has 4 heterocycles. The van der Waals surface area contributed by atoms with Crippen LogP contribution < -0.4 is 0 Å². The van der Waals surface area contributed by atoms with Crippen LogP contribution in [0.25, 0.3) is 5.78 Å². The van der Waals surface area contributed by atoms with Crippen molar-refractivity contribution in [1.29, 1.82) is 0 Å². The fourth-order valence-corrected chi connectivity index (χ4v) is 3.29. The van der Waals surface area contributed by atoms with Crippen LogP contribution in [0.4, 0.5) is 8.78 Å². The fraction of sp³-hybridized carbons (Fsp3) is 0.353. The smallest absolute Gasteiger partial charge is 0.280 e. The van der Waals surface area contributed by atoms with Gasteiger partial charge in [0.05, 0.1) is 11.3 Å². The van der Waals surface area contributed by atoms with Crippen molar-refractivity contribution in [2.24, 2.45) is 0 Å². The van der Waals surface area contributed by atoms with Gasteiger partial charge in [0.25, 0.3) is 18.1 Å². The lowest BCUT2D eigenvalue weighted by atomic mass is 9.93. The number of carbonyl (C=O) groups is 1. The van der Waals surface area contributed by atoms with Gasteiger partial charge in [-0.15, -0.1) is 0 Å². The number of piperidine rings is 1. The van der Waals surface area contributed by atoms with E-state index in [2.05, 4.69) is 20.1 Å². The fourth-order valence-electron chi connectivity index (χ4n) is 3.29. The Morgan fingerprint density at radius 2 is 2.23 bits per heavy atom. The molecule has 1 fully saturated rings. The van der Waals surface area contributed by atoms with Crippen molar-refractivity contribution >= 4 is 11.7 Å². The molecule has 7 nitrogen and oxygen atoms in total. The number of hydrogen-bond donors (Lipinski definition) is 0. The van der Waals surface area contributed by atoms with Crippen LogP contribution in [0.15, 0.2) is 36.9 Å². The van der Waals surface area contributed by atoms with E-state index in [0.717, 1.165) is 17.4 Å². The van der Waals surface area contributed by atoms with Crippen molar-refractivity contribution in [3.05, 3.63) is 53.9 Å². The highest BCUT2D eigenvalue weighted by molar-refractivity contribution is 5.94. The molecule has 26 heavy (non-hydrogen) atoms. The molecule has 4 rings (SSSR count). The van der Waals surface area contributed by atoms with Gasteiger partial charge in [0.15, 0.2) is 0 Å². The molecule has 1 atom stereocenters. The molecule has 0 aromatic carbocycles. The molecule has 0 radical (unpaired) electrons. The third-order valence-corrected chi connectivity index (χ3v) is 4.56. The largest absolute Gasteiger partial charge is 0.338 e. The minimum atomic E-state index is -2.68. The van der Waals surface area contributed by atoms with E-state index in [-0.39, 0.29) is 23.3 Å². The monoisotopic (exact) mass is 358 g/mol. The Kier molecular flexibility index (Phi) is 4.27. The molecule has 1 saturated heterocycles. The number of carbonyl (C=O) groups excluding carboxylic acids is 1. The lowest BCUT2D eigenvalue weighted by Crippen LogP contribution is -2.39. The molecule has 0 bridgehead atoms. The number of likely N-dealkylation sites (tertiary alicyclic amines) is 1. The highest BCUT2D eigenvalue weighted by atomic mass is 19.3. The standard InChI is InChI=1S/C17H16F2N6O/c18-15(19)14-7-13(23-17-21-10-22-25(14)17)12-4-2-6-24(9-12)16(26)11-3-1-5-20-8-11/h1,3,5,7-8,10,12,15H,2,4,6,9H2. The molecule has 1 amide bonds. The third kappa shape index (κ3) is 3.00. The first-order valence-electron chi connectivity index (χ1n) is 8.31. The number of amides is 1. The van der Waals surface area contributed by atoms with Crippen LogP contribution in [-0.2, 0) is 0 Å². The molecular formula is C17H16F2N6O. The van der Waals surface area contributed by atoms with Crippen LogP contribution in [0.1, 0.15) is 46.9 Å². The highest BCUT2D eigenvalue weighted by Gasteiger charge is 2.28. The molecule has 9 heteroatoms. The maximum Gasteiger partial charge on any atom is 0.280 e. The highest BCUT2D eigenvalue weighted by Crippen LogP contribution is 2.29. The second kappa shape index (κ2) is 6.74. The zero-order chi connectivity index (χ0) is 18.1. The van der Waals surface area contributed by atoms with Gasteiger partial charge >= 0.3 is 0 Å². The summed E-state index contributed by atoms with van der Waals surface area (Å²) in [5.41, 5.74) is 0.796. The van der Waals surface area contributed by atoms with Gasteiger partial charge in [0, 0.05) is 31.4 Å². The summed E-state index contributed by atoms with van der Waals surface area (Å²) in [4.78, 5) is 26.7. The number of fused-ring (bicyclic) bond motifs is 1. The molecule has 1 aliphatic rings. The minimum absolute atomic E-state index is 0.111. The average Bonchev–Trinajstić information content (AvgIpc) is 3.16. The molecule has 0 saturated carbocycles. The van der Waals surface area contributed by atoms with E-state index in [0.29, 0.717) is 24.3 Å². The first-order chi connectivity index (χ1) is 12.6. The zero-order valence-corrected chi connectivity index (χ0v) is 13.8. The average molecular weight is 358 g/mol. The quantitative estimate of drug-likeness (QED) is 0.719. The van der Waals surface area contributed by atoms with Gasteiger partial charge in [0.1, 0.15) is 12.0 Å². The Balaban J connectivity index is 1.62. The van der Waals surface area contributed by atoms with E-state index in [1.165, 1.54) is 18.6 Å². The maximum absolute atomic E-state index is 13.4. The van der Waals surface area contributed by atoms with Gasteiger partial charge < -0.3 is 4.90 Å². The van der Waals surface area contributed by atoms with E-state index in [1.54, 1.807) is 23.2 Å². The maximum atomic E-state index is 13.4. The van der Waals surface area contributed by atoms with Crippen LogP contribution in [-0.4, -0.2) is 48.5 Å². The van der Waals surface area contributed by atoms with E-state index in [9.17, 15) is 13.6 Å². The van der Waals surface area contributed by atoms with Crippen molar-refractivity contribution in [3.8, 4) is 0 Å². The second-order valence-electron chi connectivity index (χ2n) is 6.21. The lowest BCUT2D eigenvalue weighted by Gasteiger charge is -2.32. The number of halogens is 2. The van der Waals surface area contributed by atoms with Crippen LogP contribution in [0.3, 0.4) is 0 Å². The summed E-state index contributed by atoms with van der Waals surface area (Å²) in [6.45, 7) is 1.05. The van der Waals surface area contributed by atoms with Crippen molar-refractivity contribution in [2.45, 2.75) is 25.2 Å². The number of hydrogen-bond acceptors (Lipinski definition) is 5. The van der Waals surface area contributed by atoms with Gasteiger partial charge in [-0.25, -0.2) is 13.8 Å². The predicted octanol–water partition coefficient (Wildman–Crippen LogP) is 2.48. The first-order valence-corrected chi connectivity index (χ1v) is 8.31. The number of rotatable bonds is 3. The van der Waals surface area contributed by atoms with Gasteiger partial charge in [-0.3, -0.25) is 9.78 Å².